The fourth-order valence-electron chi connectivity index (χ4n) is 2.43. The third kappa shape index (κ3) is 6.16. The smallest absolute Gasteiger partial charge is 0.0641 e. The monoisotopic (exact) mass is 215 g/mol. The maximum absolute atomic E-state index is 5.29. The van der Waals surface area contributed by atoms with Gasteiger partial charge in [0.15, 0.2) is 0 Å². The number of nitrogens with one attached hydrogen (secondary N) is 1. The summed E-state index contributed by atoms with van der Waals surface area (Å²) in [4.78, 5) is 0. The number of ether oxygens (including phenoxy) is 1. The summed E-state index contributed by atoms with van der Waals surface area (Å²) in [6, 6.07) is 0. The second-order valence-electron chi connectivity index (χ2n) is 5.95. The van der Waals surface area contributed by atoms with E-state index in [1.165, 1.54) is 6.42 Å². The average molecular weight is 215 g/mol. The first-order valence-corrected chi connectivity index (χ1v) is 6.03. The highest BCUT2D eigenvalue weighted by Crippen LogP contribution is 2.21. The summed E-state index contributed by atoms with van der Waals surface area (Å²) < 4.78 is 5.29. The van der Waals surface area contributed by atoms with E-state index in [9.17, 15) is 0 Å². The second kappa shape index (κ2) is 5.86. The minimum Gasteiger partial charge on any atom is -0.383 e. The summed E-state index contributed by atoms with van der Waals surface area (Å²) in [5, 5.41) is 3.73. The van der Waals surface area contributed by atoms with Crippen molar-refractivity contribution in [2.24, 2.45) is 5.92 Å². The number of hydrogen-bond acceptors (Lipinski definition) is 2. The van der Waals surface area contributed by atoms with Crippen LogP contribution in [0.15, 0.2) is 0 Å². The van der Waals surface area contributed by atoms with E-state index in [0.29, 0.717) is 0 Å². The van der Waals surface area contributed by atoms with Crippen molar-refractivity contribution < 1.29 is 4.74 Å². The summed E-state index contributed by atoms with van der Waals surface area (Å²) in [5.74, 6) is 0.719. The molecule has 0 saturated heterocycles. The van der Waals surface area contributed by atoms with Crippen LogP contribution in [0.4, 0.5) is 0 Å². The van der Waals surface area contributed by atoms with Crippen molar-refractivity contribution in [3.63, 3.8) is 0 Å². The molecule has 0 aliphatic rings. The van der Waals surface area contributed by atoms with Gasteiger partial charge < -0.3 is 10.1 Å². The molecular formula is C13H29NO. The Hall–Kier alpha value is -0.0800. The predicted molar refractivity (Wildman–Crippen MR) is 67.2 cm³/mol. The molecule has 0 aromatic rings. The van der Waals surface area contributed by atoms with Crippen LogP contribution in [0.5, 0.6) is 0 Å². The molecule has 0 aromatic heterocycles. The number of rotatable bonds is 7. The minimum absolute atomic E-state index is 0.0904. The van der Waals surface area contributed by atoms with E-state index >= 15 is 0 Å². The van der Waals surface area contributed by atoms with Crippen LogP contribution >= 0.6 is 0 Å². The van der Waals surface area contributed by atoms with Crippen LogP contribution in [-0.4, -0.2) is 24.8 Å². The Bertz CT molecular complexity index is 177. The molecule has 1 atom stereocenters. The summed E-state index contributed by atoms with van der Waals surface area (Å²) in [7, 11) is 1.77. The summed E-state index contributed by atoms with van der Waals surface area (Å²) in [6.07, 6.45) is 2.27. The zero-order valence-electron chi connectivity index (χ0n) is 11.6. The first-order chi connectivity index (χ1) is 6.74. The lowest BCUT2D eigenvalue weighted by atomic mass is 9.88. The molecule has 0 aliphatic heterocycles. The van der Waals surface area contributed by atoms with Crippen molar-refractivity contribution in [2.45, 2.75) is 65.5 Å². The van der Waals surface area contributed by atoms with Gasteiger partial charge >= 0.3 is 0 Å². The first-order valence-electron chi connectivity index (χ1n) is 6.03. The van der Waals surface area contributed by atoms with Gasteiger partial charge in [0, 0.05) is 18.2 Å². The van der Waals surface area contributed by atoms with Gasteiger partial charge in [0.25, 0.3) is 0 Å². The van der Waals surface area contributed by atoms with Gasteiger partial charge in [-0.15, -0.1) is 0 Å². The van der Waals surface area contributed by atoms with E-state index < -0.39 is 0 Å². The van der Waals surface area contributed by atoms with Crippen molar-refractivity contribution in [3.05, 3.63) is 0 Å². The van der Waals surface area contributed by atoms with Crippen molar-refractivity contribution in [3.8, 4) is 0 Å². The van der Waals surface area contributed by atoms with Gasteiger partial charge in [-0.1, -0.05) is 20.8 Å². The molecule has 0 rings (SSSR count). The van der Waals surface area contributed by atoms with Crippen LogP contribution < -0.4 is 5.32 Å². The van der Waals surface area contributed by atoms with E-state index in [-0.39, 0.29) is 11.1 Å². The Balaban J connectivity index is 4.38. The van der Waals surface area contributed by atoms with Crippen LogP contribution in [0.25, 0.3) is 0 Å². The number of hydrogen-bond donors (Lipinski definition) is 1. The van der Waals surface area contributed by atoms with Gasteiger partial charge in [0.05, 0.1) is 6.61 Å². The molecular weight excluding hydrogens is 186 g/mol. The fraction of sp³-hybridized carbons (Fsp3) is 1.00. The second-order valence-corrected chi connectivity index (χ2v) is 5.95. The normalized spacial score (nSPS) is 16.8. The molecule has 0 fully saturated rings. The highest BCUT2D eigenvalue weighted by Gasteiger charge is 2.30. The van der Waals surface area contributed by atoms with Crippen molar-refractivity contribution >= 4 is 0 Å². The first kappa shape index (κ1) is 14.9. The van der Waals surface area contributed by atoms with Gasteiger partial charge in [-0.3, -0.25) is 0 Å². The molecule has 1 unspecified atom stereocenters. The average Bonchev–Trinajstić information content (AvgIpc) is 2.00. The summed E-state index contributed by atoms with van der Waals surface area (Å²) in [5.41, 5.74) is 0.268. The molecule has 1 N–H and O–H groups in total. The standard InChI is InChI=1S/C13H29NO/c1-8-13(6,10-15-7)14-12(4,5)9-11(2)3/h11,14H,8-10H2,1-7H3. The zero-order valence-corrected chi connectivity index (χ0v) is 11.6. The van der Waals surface area contributed by atoms with Crippen molar-refractivity contribution in [1.29, 1.82) is 0 Å². The molecule has 2 nitrogen and oxygen atoms in total. The zero-order chi connectivity index (χ0) is 12.1. The molecule has 0 radical (unpaired) electrons. The largest absolute Gasteiger partial charge is 0.383 e. The Morgan fingerprint density at radius 1 is 1.20 bits per heavy atom. The predicted octanol–water partition coefficient (Wildman–Crippen LogP) is 3.22. The molecule has 15 heavy (non-hydrogen) atoms. The van der Waals surface area contributed by atoms with E-state index in [1.54, 1.807) is 7.11 Å². The van der Waals surface area contributed by atoms with Gasteiger partial charge in [-0.05, 0) is 39.5 Å². The number of methoxy groups -OCH3 is 1. The Morgan fingerprint density at radius 2 is 1.73 bits per heavy atom. The topological polar surface area (TPSA) is 21.3 Å². The molecule has 0 spiro atoms. The molecule has 2 heteroatoms. The molecule has 0 aliphatic carbocycles. The van der Waals surface area contributed by atoms with Crippen LogP contribution in [-0.2, 0) is 4.74 Å². The molecule has 0 aromatic carbocycles. The maximum Gasteiger partial charge on any atom is 0.0641 e. The molecule has 0 bridgehead atoms. The SMILES string of the molecule is CCC(C)(COC)NC(C)(C)CC(C)C. The van der Waals surface area contributed by atoms with Crippen molar-refractivity contribution in [1.82, 2.24) is 5.32 Å². The minimum atomic E-state index is 0.0904. The quantitative estimate of drug-likeness (QED) is 0.704. The van der Waals surface area contributed by atoms with Crippen LogP contribution in [0.2, 0.25) is 0 Å². The van der Waals surface area contributed by atoms with Crippen LogP contribution in [0, 0.1) is 5.92 Å². The third-order valence-electron chi connectivity index (χ3n) is 2.80. The Morgan fingerprint density at radius 3 is 2.07 bits per heavy atom. The highest BCUT2D eigenvalue weighted by molar-refractivity contribution is 4.90. The Labute approximate surface area is 95.8 Å². The van der Waals surface area contributed by atoms with E-state index in [1.807, 2.05) is 0 Å². The lowest BCUT2D eigenvalue weighted by Crippen LogP contribution is -2.56. The van der Waals surface area contributed by atoms with Crippen molar-refractivity contribution in [2.75, 3.05) is 13.7 Å². The summed E-state index contributed by atoms with van der Waals surface area (Å²) in [6.45, 7) is 14.3. The maximum atomic E-state index is 5.29. The highest BCUT2D eigenvalue weighted by atomic mass is 16.5. The van der Waals surface area contributed by atoms with Crippen LogP contribution in [0.1, 0.15) is 54.4 Å². The Kier molecular flexibility index (Phi) is 5.82. The third-order valence-corrected chi connectivity index (χ3v) is 2.80. The molecule has 0 saturated carbocycles. The molecule has 92 valence electrons. The lowest BCUT2D eigenvalue weighted by molar-refractivity contribution is 0.0895. The fourth-order valence-corrected chi connectivity index (χ4v) is 2.43. The van der Waals surface area contributed by atoms with E-state index in [4.69, 9.17) is 4.74 Å². The van der Waals surface area contributed by atoms with E-state index in [0.717, 1.165) is 18.9 Å². The molecule has 0 heterocycles. The van der Waals surface area contributed by atoms with Gasteiger partial charge in [0.2, 0.25) is 0 Å². The van der Waals surface area contributed by atoms with Gasteiger partial charge in [-0.2, -0.15) is 0 Å². The van der Waals surface area contributed by atoms with Crippen LogP contribution in [0.3, 0.4) is 0 Å². The molecule has 0 amide bonds. The summed E-state index contributed by atoms with van der Waals surface area (Å²) >= 11 is 0. The van der Waals surface area contributed by atoms with E-state index in [2.05, 4.69) is 46.9 Å². The lowest BCUT2D eigenvalue weighted by Gasteiger charge is -2.39. The van der Waals surface area contributed by atoms with Gasteiger partial charge in [-0.25, -0.2) is 0 Å². The van der Waals surface area contributed by atoms with Gasteiger partial charge in [0.1, 0.15) is 0 Å².